The molecule has 0 bridgehead atoms. The number of amides is 1. The third kappa shape index (κ3) is 5.35. The highest BCUT2D eigenvalue weighted by atomic mass is 32.2. The lowest BCUT2D eigenvalue weighted by molar-refractivity contribution is 0.103. The largest absolute Gasteiger partial charge is 0.457 e. The van der Waals surface area contributed by atoms with E-state index in [2.05, 4.69) is 20.5 Å². The van der Waals surface area contributed by atoms with Crippen LogP contribution >= 0.6 is 11.3 Å². The first kappa shape index (κ1) is 23.5. The number of hydrogen-bond acceptors (Lipinski definition) is 7. The minimum Gasteiger partial charge on any atom is -0.457 e. The molecule has 2 aromatic carbocycles. The van der Waals surface area contributed by atoms with E-state index in [0.717, 1.165) is 39.9 Å². The molecule has 10 heteroatoms. The van der Waals surface area contributed by atoms with Crippen LogP contribution in [0.25, 0.3) is 23.1 Å². The number of hydrogen-bond donors (Lipinski definition) is 2. The van der Waals surface area contributed by atoms with Gasteiger partial charge in [0.2, 0.25) is 0 Å². The van der Waals surface area contributed by atoms with Crippen molar-refractivity contribution in [1.82, 2.24) is 15.2 Å². The molecule has 5 aromatic rings. The van der Waals surface area contributed by atoms with Gasteiger partial charge in [-0.3, -0.25) is 14.9 Å². The molecule has 0 atom stereocenters. The predicted octanol–water partition coefficient (Wildman–Crippen LogP) is 5.64. The van der Waals surface area contributed by atoms with Gasteiger partial charge in [-0.05, 0) is 60.7 Å². The zero-order chi connectivity index (χ0) is 25.1. The van der Waals surface area contributed by atoms with Crippen molar-refractivity contribution >= 4 is 55.8 Å². The number of carbonyl (C=O) groups excluding carboxylic acids is 1. The van der Waals surface area contributed by atoms with E-state index in [1.807, 2.05) is 48.6 Å². The Kier molecular flexibility index (Phi) is 6.36. The number of sulfone groups is 1. The van der Waals surface area contributed by atoms with Crippen molar-refractivity contribution in [2.75, 3.05) is 11.6 Å². The molecule has 2 N–H and O–H groups in total. The standard InChI is InChI=1S/C26H20N4O4S2/c1-36(32,33)25-13-12-24(35-25)26(31)28-18-6-4-7-19(15-18)34-20-9-10-21-22(29-30-23(21)16-20)11-8-17-5-2-3-14-27-17/h2-16H,1H3,(H,28,31)(H,29,30). The van der Waals surface area contributed by atoms with Gasteiger partial charge in [0.05, 0.1) is 21.8 Å². The second kappa shape index (κ2) is 9.76. The van der Waals surface area contributed by atoms with Crippen LogP contribution < -0.4 is 10.1 Å². The number of nitrogens with zero attached hydrogens (tertiary/aromatic N) is 2. The molecule has 0 radical (unpaired) electrons. The molecule has 36 heavy (non-hydrogen) atoms. The van der Waals surface area contributed by atoms with E-state index in [1.54, 1.807) is 30.5 Å². The molecule has 3 heterocycles. The van der Waals surface area contributed by atoms with Crippen molar-refractivity contribution < 1.29 is 17.9 Å². The number of fused-ring (bicyclic) bond motifs is 1. The van der Waals surface area contributed by atoms with Gasteiger partial charge in [0, 0.05) is 35.7 Å². The zero-order valence-electron chi connectivity index (χ0n) is 19.0. The lowest BCUT2D eigenvalue weighted by Crippen LogP contribution is -2.10. The van der Waals surface area contributed by atoms with Gasteiger partial charge in [0.25, 0.3) is 5.91 Å². The van der Waals surface area contributed by atoms with Gasteiger partial charge >= 0.3 is 0 Å². The Labute approximate surface area is 211 Å². The first-order chi connectivity index (χ1) is 17.3. The maximum Gasteiger partial charge on any atom is 0.265 e. The van der Waals surface area contributed by atoms with Crippen LogP contribution in [-0.4, -0.2) is 35.8 Å². The molecular formula is C26H20N4O4S2. The maximum absolute atomic E-state index is 12.6. The average Bonchev–Trinajstić information content (AvgIpc) is 3.51. The van der Waals surface area contributed by atoms with Crippen molar-refractivity contribution in [3.63, 3.8) is 0 Å². The Morgan fingerprint density at radius 3 is 2.64 bits per heavy atom. The molecule has 0 fully saturated rings. The van der Waals surface area contributed by atoms with E-state index in [9.17, 15) is 13.2 Å². The number of ether oxygens (including phenoxy) is 1. The highest BCUT2D eigenvalue weighted by molar-refractivity contribution is 7.92. The number of aromatic nitrogens is 3. The second-order valence-electron chi connectivity index (χ2n) is 7.88. The molecule has 0 aliphatic heterocycles. The van der Waals surface area contributed by atoms with Gasteiger partial charge in [0.1, 0.15) is 15.7 Å². The highest BCUT2D eigenvalue weighted by Crippen LogP contribution is 2.29. The third-order valence-electron chi connectivity index (χ3n) is 5.16. The van der Waals surface area contributed by atoms with Crippen LogP contribution in [0.5, 0.6) is 11.5 Å². The summed E-state index contributed by atoms with van der Waals surface area (Å²) in [5.41, 5.74) is 2.98. The zero-order valence-corrected chi connectivity index (χ0v) is 20.6. The van der Waals surface area contributed by atoms with E-state index in [4.69, 9.17) is 4.74 Å². The van der Waals surface area contributed by atoms with Crippen LogP contribution in [0.1, 0.15) is 21.1 Å². The summed E-state index contributed by atoms with van der Waals surface area (Å²) >= 11 is 0.930. The molecule has 0 saturated carbocycles. The highest BCUT2D eigenvalue weighted by Gasteiger charge is 2.15. The van der Waals surface area contributed by atoms with Gasteiger partial charge in [-0.25, -0.2) is 8.42 Å². The monoisotopic (exact) mass is 516 g/mol. The first-order valence-corrected chi connectivity index (χ1v) is 13.5. The number of anilines is 1. The molecule has 180 valence electrons. The van der Waals surface area contributed by atoms with E-state index >= 15 is 0 Å². The number of carbonyl (C=O) groups is 1. The molecule has 0 unspecified atom stereocenters. The summed E-state index contributed by atoms with van der Waals surface area (Å²) in [6.07, 6.45) is 6.66. The minimum atomic E-state index is -3.36. The molecule has 0 spiro atoms. The summed E-state index contributed by atoms with van der Waals surface area (Å²) in [6, 6.07) is 21.2. The number of thiophene rings is 1. The number of pyridine rings is 1. The third-order valence-corrected chi connectivity index (χ3v) is 8.07. The molecule has 0 saturated heterocycles. The second-order valence-corrected chi connectivity index (χ2v) is 11.2. The molecule has 3 aromatic heterocycles. The fourth-order valence-electron chi connectivity index (χ4n) is 3.46. The maximum atomic E-state index is 12.6. The van der Waals surface area contributed by atoms with Crippen LogP contribution in [0.2, 0.25) is 0 Å². The van der Waals surface area contributed by atoms with E-state index in [1.165, 1.54) is 12.1 Å². The lowest BCUT2D eigenvalue weighted by Gasteiger charge is -2.09. The smallest absolute Gasteiger partial charge is 0.265 e. The Balaban J connectivity index is 1.29. The van der Waals surface area contributed by atoms with Gasteiger partial charge < -0.3 is 10.1 Å². The number of rotatable bonds is 7. The summed E-state index contributed by atoms with van der Waals surface area (Å²) < 4.78 is 29.5. The molecule has 8 nitrogen and oxygen atoms in total. The fourth-order valence-corrected chi connectivity index (χ4v) is 5.28. The Morgan fingerprint density at radius 2 is 1.86 bits per heavy atom. The summed E-state index contributed by atoms with van der Waals surface area (Å²) in [7, 11) is -3.36. The van der Waals surface area contributed by atoms with Crippen molar-refractivity contribution in [3.8, 4) is 11.5 Å². The van der Waals surface area contributed by atoms with E-state index in [-0.39, 0.29) is 4.21 Å². The lowest BCUT2D eigenvalue weighted by atomic mass is 10.2. The summed E-state index contributed by atoms with van der Waals surface area (Å²) in [6.45, 7) is 0. The van der Waals surface area contributed by atoms with Crippen molar-refractivity contribution in [2.45, 2.75) is 4.21 Å². The molecule has 0 aliphatic rings. The van der Waals surface area contributed by atoms with Crippen LogP contribution in [0, 0.1) is 0 Å². The first-order valence-electron chi connectivity index (χ1n) is 10.8. The van der Waals surface area contributed by atoms with Crippen LogP contribution in [0.4, 0.5) is 5.69 Å². The summed E-state index contributed by atoms with van der Waals surface area (Å²) in [4.78, 5) is 17.1. The molecule has 1 amide bonds. The minimum absolute atomic E-state index is 0.148. The van der Waals surface area contributed by atoms with Crippen LogP contribution in [-0.2, 0) is 9.84 Å². The van der Waals surface area contributed by atoms with Crippen LogP contribution in [0.3, 0.4) is 0 Å². The van der Waals surface area contributed by atoms with E-state index in [0.29, 0.717) is 22.1 Å². The fraction of sp³-hybridized carbons (Fsp3) is 0.0385. The summed E-state index contributed by atoms with van der Waals surface area (Å²) in [5.74, 6) is 0.744. The topological polar surface area (TPSA) is 114 Å². The van der Waals surface area contributed by atoms with Gasteiger partial charge in [-0.1, -0.05) is 12.1 Å². The van der Waals surface area contributed by atoms with Crippen molar-refractivity contribution in [2.24, 2.45) is 0 Å². The van der Waals surface area contributed by atoms with E-state index < -0.39 is 15.7 Å². The number of aromatic amines is 1. The van der Waals surface area contributed by atoms with Crippen molar-refractivity contribution in [1.29, 1.82) is 0 Å². The Hall–Kier alpha value is -4.28. The molecular weight excluding hydrogens is 496 g/mol. The predicted molar refractivity (Wildman–Crippen MR) is 141 cm³/mol. The SMILES string of the molecule is CS(=O)(=O)c1ccc(C(=O)Nc2cccc(Oc3ccc4c(C=Cc5ccccn5)n[nH]c4c3)c2)s1. The Morgan fingerprint density at radius 1 is 1.00 bits per heavy atom. The number of H-pyrrole nitrogens is 1. The van der Waals surface area contributed by atoms with Gasteiger partial charge in [-0.15, -0.1) is 11.3 Å². The quantitative estimate of drug-likeness (QED) is 0.289. The number of nitrogens with one attached hydrogen (secondary N) is 2. The molecule has 0 aliphatic carbocycles. The average molecular weight is 517 g/mol. The number of benzene rings is 2. The van der Waals surface area contributed by atoms with Gasteiger partial charge in [-0.2, -0.15) is 5.10 Å². The van der Waals surface area contributed by atoms with Crippen LogP contribution in [0.15, 0.2) is 83.2 Å². The Bertz CT molecular complexity index is 1690. The van der Waals surface area contributed by atoms with Gasteiger partial charge in [0.15, 0.2) is 9.84 Å². The van der Waals surface area contributed by atoms with Crippen molar-refractivity contribution in [3.05, 3.63) is 95.3 Å². The molecule has 5 rings (SSSR count). The normalized spacial score (nSPS) is 11.7. The summed E-state index contributed by atoms with van der Waals surface area (Å²) in [5, 5.41) is 11.1.